The van der Waals surface area contributed by atoms with Crippen LogP contribution in [0.25, 0.3) is 32.9 Å². The number of hydrogen-bond donors (Lipinski definition) is 1. The van der Waals surface area contributed by atoms with Crippen LogP contribution >= 0.6 is 0 Å². The van der Waals surface area contributed by atoms with E-state index in [0.29, 0.717) is 18.8 Å². The largest absolute Gasteiger partial charge is 0.484 e. The molecule has 2 aliphatic rings. The third kappa shape index (κ3) is 3.68. The molecule has 202 valence electrons. The summed E-state index contributed by atoms with van der Waals surface area (Å²) in [6.07, 6.45) is 5.43. The number of ether oxygens (including phenoxy) is 1. The molecule has 5 aromatic rings. The Hall–Kier alpha value is -4.66. The molecule has 1 N–H and O–H groups in total. The summed E-state index contributed by atoms with van der Waals surface area (Å²) in [7, 11) is 3.69. The molecule has 7 rings (SSSR count). The molecule has 0 unspecified atom stereocenters. The second-order valence-corrected chi connectivity index (χ2v) is 10.6. The molecule has 0 saturated heterocycles. The Bertz CT molecular complexity index is 1840. The average molecular weight is 535 g/mol. The predicted molar refractivity (Wildman–Crippen MR) is 152 cm³/mol. The Kier molecular flexibility index (Phi) is 5.62. The smallest absolute Gasteiger partial charge is 0.260 e. The topological polar surface area (TPSA) is 94.3 Å². The molecule has 0 saturated carbocycles. The Morgan fingerprint density at radius 1 is 1.15 bits per heavy atom. The molecule has 1 aliphatic heterocycles. The van der Waals surface area contributed by atoms with E-state index in [1.54, 1.807) is 18.1 Å². The molecule has 3 aromatic heterocycles. The van der Waals surface area contributed by atoms with Crippen molar-refractivity contribution >= 4 is 33.6 Å². The maximum atomic E-state index is 13.2. The van der Waals surface area contributed by atoms with Crippen LogP contribution in [-0.2, 0) is 44.3 Å². The van der Waals surface area contributed by atoms with Gasteiger partial charge in [0.2, 0.25) is 0 Å². The number of amides is 2. The van der Waals surface area contributed by atoms with Gasteiger partial charge in [-0.3, -0.25) is 19.3 Å². The number of benzene rings is 2. The zero-order chi connectivity index (χ0) is 27.5. The lowest BCUT2D eigenvalue weighted by molar-refractivity contribution is -0.132. The number of likely N-dealkylation sites (N-methyl/N-ethyl adjacent to an activating group) is 1. The summed E-state index contributed by atoms with van der Waals surface area (Å²) in [6, 6.07) is 11.7. The van der Waals surface area contributed by atoms with Gasteiger partial charge in [-0.2, -0.15) is 5.10 Å². The molecule has 2 aromatic carbocycles. The fourth-order valence-corrected chi connectivity index (χ4v) is 6.39. The lowest BCUT2D eigenvalue weighted by Gasteiger charge is -2.21. The molecular weight excluding hydrogens is 504 g/mol. The van der Waals surface area contributed by atoms with E-state index in [4.69, 9.17) is 4.74 Å². The highest BCUT2D eigenvalue weighted by molar-refractivity contribution is 6.19. The normalized spacial score (nSPS) is 13.7. The lowest BCUT2D eigenvalue weighted by Crippen LogP contribution is -2.31. The van der Waals surface area contributed by atoms with Crippen LogP contribution in [0.15, 0.2) is 48.8 Å². The molecule has 0 atom stereocenters. The van der Waals surface area contributed by atoms with Gasteiger partial charge in [0.05, 0.1) is 29.0 Å². The molecular formula is C31H30N6O3. The zero-order valence-corrected chi connectivity index (χ0v) is 22.8. The van der Waals surface area contributed by atoms with Crippen molar-refractivity contribution in [2.75, 3.05) is 13.7 Å². The van der Waals surface area contributed by atoms with Gasteiger partial charge in [0.1, 0.15) is 5.75 Å². The van der Waals surface area contributed by atoms with Crippen LogP contribution in [-0.4, -0.2) is 49.7 Å². The first-order valence-corrected chi connectivity index (χ1v) is 13.7. The van der Waals surface area contributed by atoms with Crippen LogP contribution < -0.4 is 10.1 Å². The first-order valence-electron chi connectivity index (χ1n) is 13.7. The summed E-state index contributed by atoms with van der Waals surface area (Å²) in [6.45, 7) is 3.78. The van der Waals surface area contributed by atoms with Crippen molar-refractivity contribution in [3.8, 4) is 16.9 Å². The fraction of sp³-hybridized carbons (Fsp3) is 0.290. The SMILES string of the molecule is CCn1c2ccc(OCC(=O)N(C)Cc3ccccn3)cc2c2c3c(c4c(c21)CCc1nn(C)cc1-4)C(=O)NC3. The Morgan fingerprint density at radius 2 is 2.02 bits per heavy atom. The predicted octanol–water partition coefficient (Wildman–Crippen LogP) is 3.99. The minimum absolute atomic E-state index is 0.0313. The molecule has 0 spiro atoms. The van der Waals surface area contributed by atoms with Gasteiger partial charge >= 0.3 is 0 Å². The van der Waals surface area contributed by atoms with E-state index in [2.05, 4.69) is 33.0 Å². The van der Waals surface area contributed by atoms with Gasteiger partial charge in [0.15, 0.2) is 6.61 Å². The summed E-state index contributed by atoms with van der Waals surface area (Å²) in [5.41, 5.74) is 9.23. The molecule has 2 amide bonds. The van der Waals surface area contributed by atoms with Gasteiger partial charge in [-0.25, -0.2) is 0 Å². The van der Waals surface area contributed by atoms with Gasteiger partial charge in [-0.1, -0.05) is 6.07 Å². The Morgan fingerprint density at radius 3 is 2.83 bits per heavy atom. The molecule has 9 nitrogen and oxygen atoms in total. The standard InChI is InChI=1S/C31H30N6O3/c1-4-37-25-11-8-19(40-17-26(38)35(2)15-18-7-5-6-12-32-18)13-21(25)28-22-14-33-31(39)29(22)27-20(30(28)37)9-10-24-23(27)16-36(3)34-24/h5-8,11-13,16H,4,9-10,14-15,17H2,1-3H3,(H,33,39). The molecule has 40 heavy (non-hydrogen) atoms. The van der Waals surface area contributed by atoms with Crippen LogP contribution in [0.3, 0.4) is 0 Å². The average Bonchev–Trinajstić information content (AvgIpc) is 3.63. The van der Waals surface area contributed by atoms with E-state index >= 15 is 0 Å². The summed E-state index contributed by atoms with van der Waals surface area (Å²) < 4.78 is 10.2. The number of hydrogen-bond acceptors (Lipinski definition) is 5. The van der Waals surface area contributed by atoms with Crippen molar-refractivity contribution in [1.82, 2.24) is 29.5 Å². The quantitative estimate of drug-likeness (QED) is 0.356. The number of aromatic nitrogens is 4. The van der Waals surface area contributed by atoms with Crippen molar-refractivity contribution in [3.63, 3.8) is 0 Å². The number of aryl methyl sites for hydroxylation is 4. The Labute approximate surface area is 231 Å². The minimum atomic E-state index is -0.126. The number of nitrogens with zero attached hydrogens (tertiary/aromatic N) is 5. The minimum Gasteiger partial charge on any atom is -0.484 e. The summed E-state index contributed by atoms with van der Waals surface area (Å²) in [5.74, 6) is 0.468. The van der Waals surface area contributed by atoms with Crippen LogP contribution in [0.4, 0.5) is 0 Å². The summed E-state index contributed by atoms with van der Waals surface area (Å²) in [4.78, 5) is 32.0. The van der Waals surface area contributed by atoms with Crippen molar-refractivity contribution in [2.24, 2.45) is 7.05 Å². The van der Waals surface area contributed by atoms with Crippen molar-refractivity contribution < 1.29 is 14.3 Å². The molecule has 0 bridgehead atoms. The summed E-state index contributed by atoms with van der Waals surface area (Å²) >= 11 is 0. The molecule has 0 radical (unpaired) electrons. The van der Waals surface area contributed by atoms with E-state index in [1.165, 1.54) is 11.1 Å². The maximum absolute atomic E-state index is 13.2. The first-order chi connectivity index (χ1) is 19.4. The third-order valence-electron chi connectivity index (χ3n) is 8.14. The van der Waals surface area contributed by atoms with Crippen molar-refractivity contribution in [3.05, 3.63) is 76.9 Å². The van der Waals surface area contributed by atoms with E-state index in [-0.39, 0.29) is 18.4 Å². The molecule has 1 aliphatic carbocycles. The van der Waals surface area contributed by atoms with Gasteiger partial charge in [-0.15, -0.1) is 0 Å². The first kappa shape index (κ1) is 24.4. The molecule has 0 fully saturated rings. The Balaban J connectivity index is 1.31. The van der Waals surface area contributed by atoms with Crippen LogP contribution in [0.1, 0.15) is 39.8 Å². The molecule has 4 heterocycles. The highest BCUT2D eigenvalue weighted by Gasteiger charge is 2.35. The van der Waals surface area contributed by atoms with Gasteiger partial charge in [-0.05, 0) is 61.2 Å². The van der Waals surface area contributed by atoms with E-state index in [1.807, 2.05) is 48.3 Å². The monoisotopic (exact) mass is 534 g/mol. The van der Waals surface area contributed by atoms with Crippen molar-refractivity contribution in [2.45, 2.75) is 39.4 Å². The van der Waals surface area contributed by atoms with Crippen LogP contribution in [0.5, 0.6) is 5.75 Å². The van der Waals surface area contributed by atoms with Gasteiger partial charge in [0.25, 0.3) is 11.8 Å². The number of carbonyl (C=O) groups is 2. The number of pyridine rings is 1. The highest BCUT2D eigenvalue weighted by Crippen LogP contribution is 2.47. The van der Waals surface area contributed by atoms with Crippen LogP contribution in [0.2, 0.25) is 0 Å². The van der Waals surface area contributed by atoms with Gasteiger partial charge < -0.3 is 19.5 Å². The van der Waals surface area contributed by atoms with E-state index in [0.717, 1.165) is 69.3 Å². The fourth-order valence-electron chi connectivity index (χ4n) is 6.39. The zero-order valence-electron chi connectivity index (χ0n) is 22.8. The van der Waals surface area contributed by atoms with Crippen LogP contribution in [0, 0.1) is 0 Å². The van der Waals surface area contributed by atoms with Crippen molar-refractivity contribution in [1.29, 1.82) is 0 Å². The maximum Gasteiger partial charge on any atom is 0.260 e. The summed E-state index contributed by atoms with van der Waals surface area (Å²) in [5, 5.41) is 9.89. The highest BCUT2D eigenvalue weighted by atomic mass is 16.5. The van der Waals surface area contributed by atoms with Gasteiger partial charge in [0, 0.05) is 67.0 Å². The number of rotatable bonds is 6. The third-order valence-corrected chi connectivity index (χ3v) is 8.14. The second-order valence-electron chi connectivity index (χ2n) is 10.6. The number of nitrogens with one attached hydrogen (secondary N) is 1. The number of carbonyl (C=O) groups excluding carboxylic acids is 2. The van der Waals surface area contributed by atoms with E-state index in [9.17, 15) is 9.59 Å². The number of fused-ring (bicyclic) bond motifs is 10. The second kappa shape index (κ2) is 9.22. The van der Waals surface area contributed by atoms with E-state index < -0.39 is 0 Å². The molecule has 9 heteroatoms. The lowest BCUT2D eigenvalue weighted by atomic mass is 9.82.